The van der Waals surface area contributed by atoms with Crippen molar-refractivity contribution >= 4 is 27.7 Å². The number of hydrogen-bond donors (Lipinski definition) is 1. The minimum atomic E-state index is 0.131. The van der Waals surface area contributed by atoms with E-state index in [0.717, 1.165) is 17.3 Å². The molecule has 4 heteroatoms. The number of carbonyl (C=O) groups excluding carboxylic acids is 1. The second kappa shape index (κ2) is 6.88. The van der Waals surface area contributed by atoms with Crippen LogP contribution in [0.3, 0.4) is 0 Å². The van der Waals surface area contributed by atoms with Gasteiger partial charge >= 0.3 is 0 Å². The van der Waals surface area contributed by atoms with E-state index in [9.17, 15) is 4.79 Å². The average molecular weight is 311 g/mol. The highest BCUT2D eigenvalue weighted by atomic mass is 79.9. The lowest BCUT2D eigenvalue weighted by Crippen LogP contribution is -2.24. The lowest BCUT2D eigenvalue weighted by Gasteiger charge is -2.18. The molecule has 0 saturated heterocycles. The highest BCUT2D eigenvalue weighted by molar-refractivity contribution is 9.10. The Labute approximate surface area is 117 Å². The normalized spacial score (nSPS) is 17.8. The second-order valence-corrected chi connectivity index (χ2v) is 5.81. The molecule has 18 heavy (non-hydrogen) atoms. The number of carbonyl (C=O) groups is 1. The van der Waals surface area contributed by atoms with Crippen molar-refractivity contribution in [2.24, 2.45) is 5.92 Å². The van der Waals surface area contributed by atoms with E-state index in [1.165, 1.54) is 32.1 Å². The van der Waals surface area contributed by atoms with Gasteiger partial charge in [0, 0.05) is 16.6 Å². The Balaban J connectivity index is 1.91. The predicted octanol–water partition coefficient (Wildman–Crippen LogP) is 4.14. The van der Waals surface area contributed by atoms with Crippen LogP contribution in [0.4, 0.5) is 5.82 Å². The summed E-state index contributed by atoms with van der Waals surface area (Å²) in [5.74, 6) is 0.938. The maximum Gasteiger partial charge on any atom is 0.228 e. The molecule has 1 aliphatic carbocycles. The van der Waals surface area contributed by atoms with Gasteiger partial charge in [0.2, 0.25) is 5.91 Å². The molecular weight excluding hydrogens is 292 g/mol. The van der Waals surface area contributed by atoms with E-state index in [4.69, 9.17) is 0 Å². The number of aromatic nitrogens is 1. The topological polar surface area (TPSA) is 42.0 Å². The maximum atomic E-state index is 12.2. The van der Waals surface area contributed by atoms with Crippen LogP contribution >= 0.6 is 15.9 Å². The zero-order chi connectivity index (χ0) is 12.8. The molecule has 0 spiro atoms. The van der Waals surface area contributed by atoms with Crippen molar-refractivity contribution in [2.75, 3.05) is 5.32 Å². The average Bonchev–Trinajstić information content (AvgIpc) is 2.31. The molecule has 1 aromatic heterocycles. The van der Waals surface area contributed by atoms with Crippen LogP contribution in [0, 0.1) is 5.92 Å². The summed E-state index contributed by atoms with van der Waals surface area (Å²) < 4.78 is 0.923. The van der Waals surface area contributed by atoms with Crippen LogP contribution in [0.5, 0.6) is 0 Å². The predicted molar refractivity (Wildman–Crippen MR) is 76.4 cm³/mol. The molecule has 1 N–H and O–H groups in total. The summed E-state index contributed by atoms with van der Waals surface area (Å²) in [6.45, 7) is 0. The Bertz CT molecular complexity index is 383. The number of anilines is 1. The first-order valence-electron chi connectivity index (χ1n) is 6.68. The summed E-state index contributed by atoms with van der Waals surface area (Å²) in [5, 5.41) is 2.92. The van der Waals surface area contributed by atoms with Crippen LogP contribution in [0.1, 0.15) is 44.9 Å². The molecule has 0 bridgehead atoms. The molecule has 0 unspecified atom stereocenters. The molecular formula is C14H19BrN2O. The minimum Gasteiger partial charge on any atom is -0.310 e. The number of halogens is 1. The molecule has 2 rings (SSSR count). The van der Waals surface area contributed by atoms with Gasteiger partial charge in [-0.3, -0.25) is 4.79 Å². The van der Waals surface area contributed by atoms with Gasteiger partial charge in [0.15, 0.2) is 0 Å². The van der Waals surface area contributed by atoms with E-state index in [1.54, 1.807) is 6.20 Å². The van der Waals surface area contributed by atoms with E-state index in [0.29, 0.717) is 5.82 Å². The molecule has 1 aromatic rings. The third kappa shape index (κ3) is 4.09. The number of amides is 1. The molecule has 0 aromatic carbocycles. The summed E-state index contributed by atoms with van der Waals surface area (Å²) in [7, 11) is 0. The standard InChI is InChI=1S/C14H19BrN2O/c15-12-8-9-13(16-10-12)17-14(18)11-6-4-2-1-3-5-7-11/h8-11H,1-7H2,(H,16,17,18). The van der Waals surface area contributed by atoms with Crippen molar-refractivity contribution in [3.63, 3.8) is 0 Å². The number of pyridine rings is 1. The lowest BCUT2D eigenvalue weighted by atomic mass is 9.90. The summed E-state index contributed by atoms with van der Waals surface area (Å²) in [4.78, 5) is 16.3. The number of nitrogens with zero attached hydrogens (tertiary/aromatic N) is 1. The Morgan fingerprint density at radius 2 is 1.83 bits per heavy atom. The van der Waals surface area contributed by atoms with Crippen LogP contribution in [0.25, 0.3) is 0 Å². The minimum absolute atomic E-state index is 0.131. The quantitative estimate of drug-likeness (QED) is 0.892. The fraction of sp³-hybridized carbons (Fsp3) is 0.571. The molecule has 3 nitrogen and oxygen atoms in total. The molecule has 1 fully saturated rings. The van der Waals surface area contributed by atoms with Gasteiger partial charge in [-0.2, -0.15) is 0 Å². The van der Waals surface area contributed by atoms with Crippen molar-refractivity contribution in [3.8, 4) is 0 Å². The second-order valence-electron chi connectivity index (χ2n) is 4.89. The summed E-state index contributed by atoms with van der Waals surface area (Å²) in [6.07, 6.45) is 9.93. The van der Waals surface area contributed by atoms with Gasteiger partial charge in [-0.25, -0.2) is 4.98 Å². The largest absolute Gasteiger partial charge is 0.310 e. The first-order chi connectivity index (χ1) is 8.75. The highest BCUT2D eigenvalue weighted by Crippen LogP contribution is 2.23. The molecule has 1 amide bonds. The highest BCUT2D eigenvalue weighted by Gasteiger charge is 2.19. The zero-order valence-corrected chi connectivity index (χ0v) is 12.1. The third-order valence-corrected chi connectivity index (χ3v) is 3.92. The number of nitrogens with one attached hydrogen (secondary N) is 1. The van der Waals surface area contributed by atoms with Gasteiger partial charge in [-0.15, -0.1) is 0 Å². The van der Waals surface area contributed by atoms with Gasteiger partial charge in [0.25, 0.3) is 0 Å². The first kappa shape index (κ1) is 13.5. The maximum absolute atomic E-state index is 12.2. The van der Waals surface area contributed by atoms with Crippen LogP contribution in [-0.4, -0.2) is 10.9 Å². The van der Waals surface area contributed by atoms with Crippen molar-refractivity contribution in [1.29, 1.82) is 0 Å². The smallest absolute Gasteiger partial charge is 0.228 e. The van der Waals surface area contributed by atoms with Gasteiger partial charge in [0.1, 0.15) is 5.82 Å². The fourth-order valence-electron chi connectivity index (χ4n) is 2.40. The molecule has 1 heterocycles. The Morgan fingerprint density at radius 3 is 2.44 bits per heavy atom. The van der Waals surface area contributed by atoms with Crippen LogP contribution in [0.2, 0.25) is 0 Å². The van der Waals surface area contributed by atoms with Crippen molar-refractivity contribution in [2.45, 2.75) is 44.9 Å². The monoisotopic (exact) mass is 310 g/mol. The molecule has 98 valence electrons. The van der Waals surface area contributed by atoms with Gasteiger partial charge in [0.05, 0.1) is 0 Å². The van der Waals surface area contributed by atoms with E-state index in [1.807, 2.05) is 12.1 Å². The summed E-state index contributed by atoms with van der Waals surface area (Å²) >= 11 is 3.33. The molecule has 0 atom stereocenters. The first-order valence-corrected chi connectivity index (χ1v) is 7.47. The van der Waals surface area contributed by atoms with E-state index >= 15 is 0 Å². The molecule has 0 radical (unpaired) electrons. The molecule has 1 aliphatic rings. The van der Waals surface area contributed by atoms with E-state index < -0.39 is 0 Å². The van der Waals surface area contributed by atoms with Crippen LogP contribution < -0.4 is 5.32 Å². The lowest BCUT2D eigenvalue weighted by molar-refractivity contribution is -0.120. The Morgan fingerprint density at radius 1 is 1.17 bits per heavy atom. The third-order valence-electron chi connectivity index (χ3n) is 3.45. The van der Waals surface area contributed by atoms with E-state index in [2.05, 4.69) is 26.2 Å². The Kier molecular flexibility index (Phi) is 5.17. The van der Waals surface area contributed by atoms with Crippen molar-refractivity contribution in [1.82, 2.24) is 4.98 Å². The summed E-state index contributed by atoms with van der Waals surface area (Å²) in [6, 6.07) is 3.71. The number of rotatable bonds is 2. The summed E-state index contributed by atoms with van der Waals surface area (Å²) in [5.41, 5.74) is 0. The zero-order valence-electron chi connectivity index (χ0n) is 10.5. The molecule has 1 saturated carbocycles. The van der Waals surface area contributed by atoms with Crippen molar-refractivity contribution in [3.05, 3.63) is 22.8 Å². The van der Waals surface area contributed by atoms with Gasteiger partial charge in [-0.1, -0.05) is 32.1 Å². The van der Waals surface area contributed by atoms with Crippen molar-refractivity contribution < 1.29 is 4.79 Å². The van der Waals surface area contributed by atoms with Gasteiger partial charge in [-0.05, 0) is 40.9 Å². The Hall–Kier alpha value is -0.900. The van der Waals surface area contributed by atoms with E-state index in [-0.39, 0.29) is 11.8 Å². The van der Waals surface area contributed by atoms with Gasteiger partial charge < -0.3 is 5.32 Å². The van der Waals surface area contributed by atoms with Crippen LogP contribution in [-0.2, 0) is 4.79 Å². The van der Waals surface area contributed by atoms with Crippen LogP contribution in [0.15, 0.2) is 22.8 Å². The molecule has 0 aliphatic heterocycles. The fourth-order valence-corrected chi connectivity index (χ4v) is 2.63. The number of hydrogen-bond acceptors (Lipinski definition) is 2. The SMILES string of the molecule is O=C(Nc1ccc(Br)cn1)C1CCCCCCC1.